The Balaban J connectivity index is 1.76. The van der Waals surface area contributed by atoms with Crippen molar-refractivity contribution in [1.29, 1.82) is 0 Å². The fourth-order valence-electron chi connectivity index (χ4n) is 2.43. The SMILES string of the molecule is CN(Cc1cccnc1)c1cc(Cl)ccc1CNC1CC1. The summed E-state index contributed by atoms with van der Waals surface area (Å²) in [5.41, 5.74) is 3.67. The van der Waals surface area contributed by atoms with Crippen molar-refractivity contribution in [3.8, 4) is 0 Å². The number of hydrogen-bond donors (Lipinski definition) is 1. The van der Waals surface area contributed by atoms with Gasteiger partial charge in [0.05, 0.1) is 0 Å². The van der Waals surface area contributed by atoms with Gasteiger partial charge in [-0.15, -0.1) is 0 Å². The Labute approximate surface area is 131 Å². The number of halogens is 1. The highest BCUT2D eigenvalue weighted by molar-refractivity contribution is 6.30. The molecule has 1 N–H and O–H groups in total. The standard InChI is InChI=1S/C17H20ClN3/c1-21(12-13-3-2-8-19-10-13)17-9-15(18)5-4-14(17)11-20-16-6-7-16/h2-5,8-10,16,20H,6-7,11-12H2,1H3. The van der Waals surface area contributed by atoms with Gasteiger partial charge >= 0.3 is 0 Å². The molecule has 0 saturated heterocycles. The second-order valence-electron chi connectivity index (χ2n) is 5.65. The molecule has 0 spiro atoms. The molecule has 1 fully saturated rings. The van der Waals surface area contributed by atoms with Crippen molar-refractivity contribution in [2.24, 2.45) is 0 Å². The fourth-order valence-corrected chi connectivity index (χ4v) is 2.60. The number of rotatable bonds is 6. The molecule has 1 aliphatic carbocycles. The lowest BCUT2D eigenvalue weighted by Gasteiger charge is -2.23. The van der Waals surface area contributed by atoms with Crippen molar-refractivity contribution in [3.05, 3.63) is 58.9 Å². The van der Waals surface area contributed by atoms with Crippen LogP contribution in [0.25, 0.3) is 0 Å². The van der Waals surface area contributed by atoms with E-state index >= 15 is 0 Å². The Hall–Kier alpha value is -1.58. The second kappa shape index (κ2) is 6.46. The number of nitrogens with zero attached hydrogens (tertiary/aromatic N) is 2. The minimum Gasteiger partial charge on any atom is -0.370 e. The Bertz CT molecular complexity index is 596. The van der Waals surface area contributed by atoms with E-state index < -0.39 is 0 Å². The molecule has 1 saturated carbocycles. The monoisotopic (exact) mass is 301 g/mol. The van der Waals surface area contributed by atoms with E-state index in [0.717, 1.165) is 18.1 Å². The maximum absolute atomic E-state index is 6.18. The number of pyridine rings is 1. The number of anilines is 1. The predicted octanol–water partition coefficient (Wildman–Crippen LogP) is 3.62. The summed E-state index contributed by atoms with van der Waals surface area (Å²) in [6.45, 7) is 1.72. The van der Waals surface area contributed by atoms with Gasteiger partial charge in [0.1, 0.15) is 0 Å². The van der Waals surface area contributed by atoms with E-state index in [9.17, 15) is 0 Å². The van der Waals surface area contributed by atoms with Crippen LogP contribution < -0.4 is 10.2 Å². The van der Waals surface area contributed by atoms with Crippen LogP contribution in [0.5, 0.6) is 0 Å². The van der Waals surface area contributed by atoms with Crippen molar-refractivity contribution in [3.63, 3.8) is 0 Å². The van der Waals surface area contributed by atoms with Crippen LogP contribution in [0.4, 0.5) is 5.69 Å². The lowest BCUT2D eigenvalue weighted by Crippen LogP contribution is -2.21. The summed E-state index contributed by atoms with van der Waals surface area (Å²) in [6.07, 6.45) is 6.31. The Morgan fingerprint density at radius 1 is 1.33 bits per heavy atom. The summed E-state index contributed by atoms with van der Waals surface area (Å²) < 4.78 is 0. The quantitative estimate of drug-likeness (QED) is 0.883. The van der Waals surface area contributed by atoms with Gasteiger partial charge in [-0.25, -0.2) is 0 Å². The first-order valence-corrected chi connectivity index (χ1v) is 7.72. The Morgan fingerprint density at radius 3 is 2.90 bits per heavy atom. The van der Waals surface area contributed by atoms with Crippen molar-refractivity contribution in [2.75, 3.05) is 11.9 Å². The van der Waals surface area contributed by atoms with E-state index in [1.54, 1.807) is 6.20 Å². The summed E-state index contributed by atoms with van der Waals surface area (Å²) in [7, 11) is 2.10. The van der Waals surface area contributed by atoms with Gasteiger partial charge in [0.25, 0.3) is 0 Å². The van der Waals surface area contributed by atoms with E-state index in [1.165, 1.54) is 29.7 Å². The molecule has 3 rings (SSSR count). The van der Waals surface area contributed by atoms with E-state index in [1.807, 2.05) is 24.4 Å². The average Bonchev–Trinajstić information content (AvgIpc) is 3.31. The molecule has 21 heavy (non-hydrogen) atoms. The first kappa shape index (κ1) is 14.4. The molecule has 0 radical (unpaired) electrons. The highest BCUT2D eigenvalue weighted by atomic mass is 35.5. The second-order valence-corrected chi connectivity index (χ2v) is 6.08. The molecule has 1 aromatic heterocycles. The molecule has 1 aromatic carbocycles. The zero-order valence-electron chi connectivity index (χ0n) is 12.2. The smallest absolute Gasteiger partial charge is 0.0441 e. The number of aromatic nitrogens is 1. The van der Waals surface area contributed by atoms with Gasteiger partial charge in [0.2, 0.25) is 0 Å². The van der Waals surface area contributed by atoms with Gasteiger partial charge in [-0.1, -0.05) is 23.7 Å². The number of benzene rings is 1. The molecule has 110 valence electrons. The zero-order valence-corrected chi connectivity index (χ0v) is 13.0. The third-order valence-electron chi connectivity index (χ3n) is 3.76. The van der Waals surface area contributed by atoms with Crippen LogP contribution in [0.1, 0.15) is 24.0 Å². The highest BCUT2D eigenvalue weighted by Crippen LogP contribution is 2.27. The molecular formula is C17H20ClN3. The van der Waals surface area contributed by atoms with E-state index in [0.29, 0.717) is 6.04 Å². The maximum Gasteiger partial charge on any atom is 0.0441 e. The van der Waals surface area contributed by atoms with E-state index in [4.69, 9.17) is 11.6 Å². The van der Waals surface area contributed by atoms with Gasteiger partial charge < -0.3 is 10.2 Å². The van der Waals surface area contributed by atoms with Gasteiger partial charge in [0.15, 0.2) is 0 Å². The van der Waals surface area contributed by atoms with Crippen LogP contribution in [-0.2, 0) is 13.1 Å². The molecule has 0 aliphatic heterocycles. The average molecular weight is 302 g/mol. The van der Waals surface area contributed by atoms with Crippen LogP contribution in [-0.4, -0.2) is 18.1 Å². The minimum atomic E-state index is 0.706. The first-order chi connectivity index (χ1) is 10.2. The molecule has 1 aliphatic rings. The normalized spacial score (nSPS) is 14.2. The molecule has 0 unspecified atom stereocenters. The lowest BCUT2D eigenvalue weighted by atomic mass is 10.1. The van der Waals surface area contributed by atoms with Gasteiger partial charge in [-0.05, 0) is 42.2 Å². The van der Waals surface area contributed by atoms with Crippen LogP contribution >= 0.6 is 11.6 Å². The number of nitrogens with one attached hydrogen (secondary N) is 1. The molecular weight excluding hydrogens is 282 g/mol. The molecule has 0 amide bonds. The fraction of sp³-hybridized carbons (Fsp3) is 0.353. The van der Waals surface area contributed by atoms with Gasteiger partial charge in [-0.3, -0.25) is 4.98 Å². The molecule has 0 bridgehead atoms. The lowest BCUT2D eigenvalue weighted by molar-refractivity contribution is 0.685. The summed E-state index contributed by atoms with van der Waals surface area (Å²) in [5.74, 6) is 0. The van der Waals surface area contributed by atoms with Crippen molar-refractivity contribution >= 4 is 17.3 Å². The maximum atomic E-state index is 6.18. The van der Waals surface area contributed by atoms with Crippen LogP contribution in [0, 0.1) is 0 Å². The van der Waals surface area contributed by atoms with Gasteiger partial charge in [0, 0.05) is 49.3 Å². The van der Waals surface area contributed by atoms with Crippen molar-refractivity contribution in [1.82, 2.24) is 10.3 Å². The summed E-state index contributed by atoms with van der Waals surface area (Å²) in [6, 6.07) is 10.9. The van der Waals surface area contributed by atoms with E-state index in [-0.39, 0.29) is 0 Å². The molecule has 1 heterocycles. The van der Waals surface area contributed by atoms with Crippen LogP contribution in [0.15, 0.2) is 42.7 Å². The molecule has 3 nitrogen and oxygen atoms in total. The molecule has 4 heteroatoms. The van der Waals surface area contributed by atoms with Crippen LogP contribution in [0.2, 0.25) is 5.02 Å². The minimum absolute atomic E-state index is 0.706. The summed E-state index contributed by atoms with van der Waals surface area (Å²) in [5, 5.41) is 4.35. The van der Waals surface area contributed by atoms with Crippen molar-refractivity contribution < 1.29 is 0 Å². The zero-order chi connectivity index (χ0) is 14.7. The summed E-state index contributed by atoms with van der Waals surface area (Å²) >= 11 is 6.18. The highest BCUT2D eigenvalue weighted by Gasteiger charge is 2.20. The van der Waals surface area contributed by atoms with Crippen molar-refractivity contribution in [2.45, 2.75) is 32.0 Å². The number of hydrogen-bond acceptors (Lipinski definition) is 3. The third-order valence-corrected chi connectivity index (χ3v) is 3.99. The Kier molecular flexibility index (Phi) is 4.42. The van der Waals surface area contributed by atoms with Gasteiger partial charge in [-0.2, -0.15) is 0 Å². The summed E-state index contributed by atoms with van der Waals surface area (Å²) in [4.78, 5) is 6.40. The Morgan fingerprint density at radius 2 is 2.19 bits per heavy atom. The largest absolute Gasteiger partial charge is 0.370 e. The molecule has 2 aromatic rings. The topological polar surface area (TPSA) is 28.2 Å². The third kappa shape index (κ3) is 3.96. The predicted molar refractivity (Wildman–Crippen MR) is 87.7 cm³/mol. The van der Waals surface area contributed by atoms with E-state index in [2.05, 4.69) is 34.4 Å². The van der Waals surface area contributed by atoms with Crippen LogP contribution in [0.3, 0.4) is 0 Å². The molecule has 0 atom stereocenters. The first-order valence-electron chi connectivity index (χ1n) is 7.34.